The van der Waals surface area contributed by atoms with E-state index >= 15 is 0 Å². The zero-order valence-corrected chi connectivity index (χ0v) is 24.3. The quantitative estimate of drug-likeness (QED) is 0.189. The number of nitrogens with zero attached hydrogens (tertiary/aromatic N) is 2. The third-order valence-electron chi connectivity index (χ3n) is 7.33. The number of hydrogen-bond acceptors (Lipinski definition) is 6. The summed E-state index contributed by atoms with van der Waals surface area (Å²) in [6.45, 7) is 2.66. The van der Waals surface area contributed by atoms with Gasteiger partial charge in [0, 0.05) is 37.0 Å². The predicted octanol–water partition coefficient (Wildman–Crippen LogP) is 7.35. The first-order valence-electron chi connectivity index (χ1n) is 14.0. The maximum Gasteiger partial charge on any atom is 0.416 e. The second-order valence-corrected chi connectivity index (χ2v) is 10.4. The predicted molar refractivity (Wildman–Crippen MR) is 162 cm³/mol. The second kappa shape index (κ2) is 12.7. The molecule has 0 spiro atoms. The average Bonchev–Trinajstić information content (AvgIpc) is 3.34. The van der Waals surface area contributed by atoms with E-state index in [9.17, 15) is 32.7 Å². The zero-order chi connectivity index (χ0) is 32.3. The summed E-state index contributed by atoms with van der Waals surface area (Å²) in [5, 5.41) is 12.8. The fourth-order valence-electron chi connectivity index (χ4n) is 4.88. The van der Waals surface area contributed by atoms with Crippen molar-refractivity contribution in [3.8, 4) is 11.1 Å². The monoisotopic (exact) mass is 615 g/mol. The van der Waals surface area contributed by atoms with Crippen LogP contribution in [-0.2, 0) is 6.18 Å². The SMILES string of the molecule is CCCNC1=C(c2nc3cc(-c4ccc(C(F)(F)F)cc4)ccc3o2)C=C(N(C)C(=O)c2cc(C(=O)O)ccc2C=O)CC=C1. The van der Waals surface area contributed by atoms with Crippen molar-refractivity contribution in [2.75, 3.05) is 13.6 Å². The highest BCUT2D eigenvalue weighted by molar-refractivity contribution is 6.04. The number of nitrogens with one attached hydrogen (secondary N) is 1. The number of carbonyl (C=O) groups is 3. The molecular formula is C34H28F3N3O5. The van der Waals surface area contributed by atoms with E-state index in [1.165, 1.54) is 42.3 Å². The van der Waals surface area contributed by atoms with Gasteiger partial charge in [-0.05, 0) is 66.1 Å². The van der Waals surface area contributed by atoms with Crippen molar-refractivity contribution in [1.82, 2.24) is 15.2 Å². The molecule has 0 saturated carbocycles. The van der Waals surface area contributed by atoms with Crippen molar-refractivity contribution in [1.29, 1.82) is 0 Å². The molecule has 2 N–H and O–H groups in total. The first kappa shape index (κ1) is 31.0. The number of alkyl halides is 3. The lowest BCUT2D eigenvalue weighted by Crippen LogP contribution is -2.27. The Labute approximate surface area is 256 Å². The molecule has 0 atom stereocenters. The first-order chi connectivity index (χ1) is 21.5. The number of fused-ring (bicyclic) bond motifs is 1. The average molecular weight is 616 g/mol. The number of carboxylic acids is 1. The minimum atomic E-state index is -4.43. The van der Waals surface area contributed by atoms with Gasteiger partial charge in [-0.15, -0.1) is 0 Å². The van der Waals surface area contributed by atoms with Gasteiger partial charge < -0.3 is 19.7 Å². The van der Waals surface area contributed by atoms with E-state index < -0.39 is 23.6 Å². The van der Waals surface area contributed by atoms with Gasteiger partial charge in [0.1, 0.15) is 5.52 Å². The van der Waals surface area contributed by atoms with Gasteiger partial charge in [0.15, 0.2) is 11.9 Å². The van der Waals surface area contributed by atoms with E-state index in [0.717, 1.165) is 18.6 Å². The van der Waals surface area contributed by atoms with Gasteiger partial charge in [-0.25, -0.2) is 9.78 Å². The van der Waals surface area contributed by atoms with Crippen LogP contribution in [0.2, 0.25) is 0 Å². The molecule has 1 aliphatic rings. The number of aromatic carboxylic acids is 1. The Balaban J connectivity index is 1.54. The fourth-order valence-corrected chi connectivity index (χ4v) is 4.88. The van der Waals surface area contributed by atoms with E-state index in [4.69, 9.17) is 9.40 Å². The summed E-state index contributed by atoms with van der Waals surface area (Å²) in [7, 11) is 1.54. The topological polar surface area (TPSA) is 113 Å². The molecular weight excluding hydrogens is 587 g/mol. The third kappa shape index (κ3) is 6.57. The van der Waals surface area contributed by atoms with Gasteiger partial charge in [0.25, 0.3) is 5.91 Å². The largest absolute Gasteiger partial charge is 0.478 e. The molecule has 0 bridgehead atoms. The van der Waals surface area contributed by atoms with Crippen molar-refractivity contribution >= 4 is 34.8 Å². The molecule has 8 nitrogen and oxygen atoms in total. The highest BCUT2D eigenvalue weighted by atomic mass is 19.4. The van der Waals surface area contributed by atoms with Crippen LogP contribution in [0.3, 0.4) is 0 Å². The van der Waals surface area contributed by atoms with Gasteiger partial charge in [-0.2, -0.15) is 13.2 Å². The van der Waals surface area contributed by atoms with E-state index in [2.05, 4.69) is 5.32 Å². The molecule has 1 aromatic heterocycles. The van der Waals surface area contributed by atoms with Gasteiger partial charge >= 0.3 is 12.1 Å². The van der Waals surface area contributed by atoms with Crippen molar-refractivity contribution < 1.29 is 37.1 Å². The molecule has 0 fully saturated rings. The number of aldehydes is 1. The number of benzene rings is 3. The molecule has 1 aliphatic carbocycles. The minimum Gasteiger partial charge on any atom is -0.478 e. The van der Waals surface area contributed by atoms with Crippen LogP contribution in [0, 0.1) is 0 Å². The lowest BCUT2D eigenvalue weighted by Gasteiger charge is -2.21. The van der Waals surface area contributed by atoms with E-state index in [1.54, 1.807) is 24.3 Å². The Morgan fingerprint density at radius 1 is 1.07 bits per heavy atom. The number of oxazole rings is 1. The van der Waals surface area contributed by atoms with Gasteiger partial charge in [0.2, 0.25) is 5.89 Å². The Hall–Kier alpha value is -5.45. The van der Waals surface area contributed by atoms with E-state index in [-0.39, 0.29) is 22.6 Å². The Morgan fingerprint density at radius 2 is 1.80 bits per heavy atom. The Kier molecular flexibility index (Phi) is 8.71. The maximum absolute atomic E-state index is 13.6. The molecule has 11 heteroatoms. The van der Waals surface area contributed by atoms with Crippen molar-refractivity contribution in [3.63, 3.8) is 0 Å². The van der Waals surface area contributed by atoms with Crippen LogP contribution in [-0.4, -0.2) is 46.7 Å². The maximum atomic E-state index is 13.6. The summed E-state index contributed by atoms with van der Waals surface area (Å²) in [6.07, 6.45) is 2.70. The Bertz CT molecular complexity index is 1890. The molecule has 1 amide bonds. The van der Waals surface area contributed by atoms with E-state index in [0.29, 0.717) is 58.4 Å². The normalized spacial score (nSPS) is 13.4. The third-order valence-corrected chi connectivity index (χ3v) is 7.33. The molecule has 0 saturated heterocycles. The van der Waals surface area contributed by atoms with Crippen LogP contribution < -0.4 is 5.32 Å². The summed E-state index contributed by atoms with van der Waals surface area (Å²) < 4.78 is 45.2. The second-order valence-electron chi connectivity index (χ2n) is 10.4. The van der Waals surface area contributed by atoms with Crippen molar-refractivity contribution in [2.24, 2.45) is 0 Å². The number of carboxylic acid groups (broad SMARTS) is 1. The summed E-state index contributed by atoms with van der Waals surface area (Å²) in [6, 6.07) is 13.8. The summed E-state index contributed by atoms with van der Waals surface area (Å²) in [4.78, 5) is 42.8. The molecule has 0 aliphatic heterocycles. The standard InChI is InChI=1S/C34H28F3N3O5/c1-3-15-38-28-6-4-5-25(40(2)32(42)26-16-22(33(43)44)7-8-23(26)19-41)18-27(28)31-39-29-17-21(11-14-30(29)45-31)20-9-12-24(13-10-20)34(35,36)37/h4,6-14,16-19,38H,3,5,15H2,1-2H3,(H,43,44). The summed E-state index contributed by atoms with van der Waals surface area (Å²) in [5.74, 6) is -1.54. The number of rotatable bonds is 9. The van der Waals surface area contributed by atoms with Gasteiger partial charge in [-0.1, -0.05) is 37.3 Å². The molecule has 0 unspecified atom stereocenters. The number of allylic oxidation sites excluding steroid dienone is 4. The number of carbonyl (C=O) groups excluding carboxylic acids is 2. The minimum absolute atomic E-state index is 0.0472. The number of hydrogen-bond donors (Lipinski definition) is 2. The lowest BCUT2D eigenvalue weighted by molar-refractivity contribution is -0.137. The highest BCUT2D eigenvalue weighted by Crippen LogP contribution is 2.33. The number of aromatic nitrogens is 1. The van der Waals surface area contributed by atoms with Crippen LogP contribution in [0.5, 0.6) is 0 Å². The molecule has 4 aromatic rings. The molecule has 5 rings (SSSR count). The summed E-state index contributed by atoms with van der Waals surface area (Å²) in [5.41, 5.74) is 3.12. The molecule has 1 heterocycles. The molecule has 0 radical (unpaired) electrons. The van der Waals surface area contributed by atoms with Crippen LogP contribution >= 0.6 is 0 Å². The van der Waals surface area contributed by atoms with Crippen LogP contribution in [0.1, 0.15) is 62.3 Å². The fraction of sp³-hybridized carbons (Fsp3) is 0.176. The molecule has 230 valence electrons. The van der Waals surface area contributed by atoms with Crippen molar-refractivity contribution in [2.45, 2.75) is 25.9 Å². The number of halogens is 3. The first-order valence-corrected chi connectivity index (χ1v) is 14.0. The zero-order valence-electron chi connectivity index (χ0n) is 24.3. The van der Waals surface area contributed by atoms with Crippen LogP contribution in [0.15, 0.2) is 94.7 Å². The summed E-state index contributed by atoms with van der Waals surface area (Å²) >= 11 is 0. The lowest BCUT2D eigenvalue weighted by atomic mass is 10.0. The Morgan fingerprint density at radius 3 is 2.47 bits per heavy atom. The smallest absolute Gasteiger partial charge is 0.416 e. The van der Waals surface area contributed by atoms with Crippen LogP contribution in [0.4, 0.5) is 13.2 Å². The molecule has 3 aromatic carbocycles. The number of amides is 1. The van der Waals surface area contributed by atoms with E-state index in [1.807, 2.05) is 19.1 Å². The molecule has 45 heavy (non-hydrogen) atoms. The van der Waals surface area contributed by atoms with Crippen molar-refractivity contribution in [3.05, 3.63) is 118 Å². The van der Waals surface area contributed by atoms with Gasteiger partial charge in [-0.3, -0.25) is 9.59 Å². The van der Waals surface area contributed by atoms with Crippen LogP contribution in [0.25, 0.3) is 27.8 Å². The highest BCUT2D eigenvalue weighted by Gasteiger charge is 2.30. The van der Waals surface area contributed by atoms with Gasteiger partial charge in [0.05, 0.1) is 22.3 Å².